The number of aryl methyl sites for hydroxylation is 1. The fourth-order valence-electron chi connectivity index (χ4n) is 2.06. The fraction of sp³-hybridized carbons (Fsp3) is 0.750. The van der Waals surface area contributed by atoms with Gasteiger partial charge in [-0.25, -0.2) is 4.98 Å². The van der Waals surface area contributed by atoms with Crippen molar-refractivity contribution in [3.05, 3.63) is 17.2 Å². The van der Waals surface area contributed by atoms with Crippen LogP contribution in [0.25, 0.3) is 0 Å². The predicted octanol–water partition coefficient (Wildman–Crippen LogP) is 1.99. The number of H-pyrrole nitrogens is 1. The Kier molecular flexibility index (Phi) is 2.83. The van der Waals surface area contributed by atoms with Gasteiger partial charge in [-0.15, -0.1) is 0 Å². The van der Waals surface area contributed by atoms with E-state index in [1.54, 1.807) is 0 Å². The van der Waals surface area contributed by atoms with Crippen molar-refractivity contribution in [1.29, 1.82) is 0 Å². The van der Waals surface area contributed by atoms with Gasteiger partial charge in [0.05, 0.1) is 5.69 Å². The Labute approximate surface area is 91.5 Å². The van der Waals surface area contributed by atoms with Gasteiger partial charge in [-0.1, -0.05) is 20.8 Å². The predicted molar refractivity (Wildman–Crippen MR) is 61.8 cm³/mol. The van der Waals surface area contributed by atoms with Gasteiger partial charge in [-0.05, 0) is 18.8 Å². The molecule has 15 heavy (non-hydrogen) atoms. The minimum absolute atomic E-state index is 0.320. The molecule has 3 N–H and O–H groups in total. The molecular formula is C12H21N3. The lowest BCUT2D eigenvalue weighted by atomic mass is 9.97. The van der Waals surface area contributed by atoms with Gasteiger partial charge in [0.25, 0.3) is 0 Å². The maximum absolute atomic E-state index is 5.95. The molecule has 1 aromatic rings. The molecule has 0 fully saturated rings. The summed E-state index contributed by atoms with van der Waals surface area (Å²) in [4.78, 5) is 8.15. The number of hydrogen-bond donors (Lipinski definition) is 2. The summed E-state index contributed by atoms with van der Waals surface area (Å²) >= 11 is 0. The second-order valence-corrected chi connectivity index (χ2v) is 5.08. The molecule has 0 bridgehead atoms. The van der Waals surface area contributed by atoms with Gasteiger partial charge < -0.3 is 10.7 Å². The number of nitrogens with two attached hydrogens (primary N) is 1. The molecule has 3 nitrogen and oxygen atoms in total. The lowest BCUT2D eigenvalue weighted by molar-refractivity contribution is 0.513. The van der Waals surface area contributed by atoms with Gasteiger partial charge in [0.1, 0.15) is 5.82 Å². The SMILES string of the molecule is CC(C)C(C)c1nc2c([nH]1)CC(N)CC2. The molecule has 3 heteroatoms. The van der Waals surface area contributed by atoms with E-state index in [9.17, 15) is 0 Å². The van der Waals surface area contributed by atoms with Gasteiger partial charge in [0, 0.05) is 24.1 Å². The fourth-order valence-corrected chi connectivity index (χ4v) is 2.06. The Balaban J connectivity index is 2.22. The largest absolute Gasteiger partial charge is 0.345 e. The first-order valence-electron chi connectivity index (χ1n) is 5.91. The van der Waals surface area contributed by atoms with E-state index in [4.69, 9.17) is 10.7 Å². The van der Waals surface area contributed by atoms with Crippen LogP contribution in [-0.4, -0.2) is 16.0 Å². The van der Waals surface area contributed by atoms with Crippen LogP contribution in [0.3, 0.4) is 0 Å². The summed E-state index contributed by atoms with van der Waals surface area (Å²) < 4.78 is 0. The molecule has 1 aliphatic rings. The van der Waals surface area contributed by atoms with Crippen LogP contribution >= 0.6 is 0 Å². The Morgan fingerprint density at radius 3 is 2.80 bits per heavy atom. The molecule has 0 spiro atoms. The zero-order valence-electron chi connectivity index (χ0n) is 9.88. The average molecular weight is 207 g/mol. The Bertz CT molecular complexity index is 341. The average Bonchev–Trinajstić information content (AvgIpc) is 2.58. The molecule has 0 saturated heterocycles. The maximum Gasteiger partial charge on any atom is 0.109 e. The van der Waals surface area contributed by atoms with Crippen molar-refractivity contribution < 1.29 is 0 Å². The molecule has 0 aliphatic heterocycles. The molecule has 0 amide bonds. The van der Waals surface area contributed by atoms with Gasteiger partial charge >= 0.3 is 0 Å². The van der Waals surface area contributed by atoms with E-state index >= 15 is 0 Å². The number of rotatable bonds is 2. The van der Waals surface area contributed by atoms with Crippen LogP contribution in [0, 0.1) is 5.92 Å². The summed E-state index contributed by atoms with van der Waals surface area (Å²) in [5.41, 5.74) is 8.47. The number of fused-ring (bicyclic) bond motifs is 1. The minimum atomic E-state index is 0.320. The third-order valence-corrected chi connectivity index (χ3v) is 3.53. The van der Waals surface area contributed by atoms with Crippen LogP contribution in [0.5, 0.6) is 0 Å². The molecule has 1 aliphatic carbocycles. The van der Waals surface area contributed by atoms with E-state index in [1.165, 1.54) is 11.4 Å². The first-order valence-corrected chi connectivity index (χ1v) is 5.91. The van der Waals surface area contributed by atoms with Gasteiger partial charge in [-0.2, -0.15) is 0 Å². The van der Waals surface area contributed by atoms with Crippen molar-refractivity contribution >= 4 is 0 Å². The summed E-state index contributed by atoms with van der Waals surface area (Å²) in [5, 5.41) is 0. The second-order valence-electron chi connectivity index (χ2n) is 5.08. The highest BCUT2D eigenvalue weighted by atomic mass is 15.0. The first-order chi connectivity index (χ1) is 7.08. The van der Waals surface area contributed by atoms with Crippen LogP contribution in [0.4, 0.5) is 0 Å². The smallest absolute Gasteiger partial charge is 0.109 e. The summed E-state index contributed by atoms with van der Waals surface area (Å²) in [6.45, 7) is 6.70. The lowest BCUT2D eigenvalue weighted by Crippen LogP contribution is -2.27. The molecule has 0 radical (unpaired) electrons. The van der Waals surface area contributed by atoms with Crippen molar-refractivity contribution in [1.82, 2.24) is 9.97 Å². The van der Waals surface area contributed by atoms with Crippen molar-refractivity contribution in [3.63, 3.8) is 0 Å². The number of hydrogen-bond acceptors (Lipinski definition) is 2. The zero-order valence-corrected chi connectivity index (χ0v) is 9.88. The normalized spacial score (nSPS) is 22.9. The van der Waals surface area contributed by atoms with Gasteiger partial charge in [0.15, 0.2) is 0 Å². The molecule has 84 valence electrons. The third kappa shape index (κ3) is 2.07. The third-order valence-electron chi connectivity index (χ3n) is 3.53. The van der Waals surface area contributed by atoms with Crippen molar-refractivity contribution in [2.75, 3.05) is 0 Å². The van der Waals surface area contributed by atoms with Crippen LogP contribution in [0.15, 0.2) is 0 Å². The quantitative estimate of drug-likeness (QED) is 0.779. The van der Waals surface area contributed by atoms with E-state index < -0.39 is 0 Å². The Hall–Kier alpha value is -0.830. The highest BCUT2D eigenvalue weighted by Gasteiger charge is 2.22. The van der Waals surface area contributed by atoms with E-state index in [-0.39, 0.29) is 0 Å². The number of nitrogens with one attached hydrogen (secondary N) is 1. The highest BCUT2D eigenvalue weighted by molar-refractivity contribution is 5.21. The first kappa shape index (κ1) is 10.7. The standard InChI is InChI=1S/C12H21N3/c1-7(2)8(3)12-14-10-5-4-9(13)6-11(10)15-12/h7-9H,4-6,13H2,1-3H3,(H,14,15). The molecule has 2 unspecified atom stereocenters. The van der Waals surface area contributed by atoms with Crippen LogP contribution in [0.2, 0.25) is 0 Å². The molecule has 1 heterocycles. The van der Waals surface area contributed by atoms with Gasteiger partial charge in [0.2, 0.25) is 0 Å². The Morgan fingerprint density at radius 1 is 1.40 bits per heavy atom. The summed E-state index contributed by atoms with van der Waals surface area (Å²) in [6.07, 6.45) is 3.08. The van der Waals surface area contributed by atoms with Crippen molar-refractivity contribution in [2.45, 2.75) is 52.0 Å². The second kappa shape index (κ2) is 3.97. The molecular weight excluding hydrogens is 186 g/mol. The summed E-state index contributed by atoms with van der Waals surface area (Å²) in [7, 11) is 0. The Morgan fingerprint density at radius 2 is 2.13 bits per heavy atom. The lowest BCUT2D eigenvalue weighted by Gasteiger charge is -2.16. The van der Waals surface area contributed by atoms with Crippen LogP contribution in [-0.2, 0) is 12.8 Å². The van der Waals surface area contributed by atoms with Crippen molar-refractivity contribution in [2.24, 2.45) is 11.7 Å². The van der Waals surface area contributed by atoms with Crippen molar-refractivity contribution in [3.8, 4) is 0 Å². The zero-order chi connectivity index (χ0) is 11.0. The van der Waals surface area contributed by atoms with E-state index in [1.807, 2.05) is 0 Å². The molecule has 0 saturated carbocycles. The highest BCUT2D eigenvalue weighted by Crippen LogP contribution is 2.25. The molecule has 2 atom stereocenters. The number of nitrogens with zero attached hydrogens (tertiary/aromatic N) is 1. The number of imidazole rings is 1. The van der Waals surface area contributed by atoms with Crippen LogP contribution < -0.4 is 5.73 Å². The molecule has 2 rings (SSSR count). The van der Waals surface area contributed by atoms with E-state index in [0.717, 1.165) is 25.1 Å². The van der Waals surface area contributed by atoms with E-state index in [2.05, 4.69) is 25.8 Å². The van der Waals surface area contributed by atoms with E-state index in [0.29, 0.717) is 17.9 Å². The monoisotopic (exact) mass is 207 g/mol. The topological polar surface area (TPSA) is 54.7 Å². The van der Waals surface area contributed by atoms with Crippen LogP contribution in [0.1, 0.15) is 50.3 Å². The number of aromatic amines is 1. The van der Waals surface area contributed by atoms with Gasteiger partial charge in [-0.3, -0.25) is 0 Å². The maximum atomic E-state index is 5.95. The minimum Gasteiger partial charge on any atom is -0.345 e. The summed E-state index contributed by atoms with van der Waals surface area (Å²) in [6, 6.07) is 0.320. The summed E-state index contributed by atoms with van der Waals surface area (Å²) in [5.74, 6) is 2.28. The molecule has 1 aromatic heterocycles. The molecule has 0 aromatic carbocycles. The number of aromatic nitrogens is 2.